The van der Waals surface area contributed by atoms with Gasteiger partial charge < -0.3 is 19.5 Å². The normalized spacial score (nSPS) is 17.2. The van der Waals surface area contributed by atoms with E-state index in [0.717, 1.165) is 54.6 Å². The molecule has 0 amide bonds. The Morgan fingerprint density at radius 3 is 2.31 bits per heavy atom. The van der Waals surface area contributed by atoms with Crippen molar-refractivity contribution in [3.8, 4) is 5.75 Å². The molecule has 39 heavy (non-hydrogen) atoms. The Morgan fingerprint density at radius 2 is 1.79 bits per heavy atom. The maximum Gasteiger partial charge on any atom is 0.119 e. The van der Waals surface area contributed by atoms with E-state index in [-0.39, 0.29) is 16.9 Å². The van der Waals surface area contributed by atoms with Crippen molar-refractivity contribution in [3.63, 3.8) is 0 Å². The van der Waals surface area contributed by atoms with Gasteiger partial charge in [-0.25, -0.2) is 0 Å². The van der Waals surface area contributed by atoms with Crippen LogP contribution in [-0.2, 0) is 10.2 Å². The van der Waals surface area contributed by atoms with E-state index in [1.54, 1.807) is 7.11 Å². The van der Waals surface area contributed by atoms with Gasteiger partial charge in [-0.3, -0.25) is 4.99 Å². The van der Waals surface area contributed by atoms with E-state index in [9.17, 15) is 0 Å². The minimum absolute atomic E-state index is 0.0373. The number of amidine groups is 1. The van der Waals surface area contributed by atoms with Gasteiger partial charge in [0, 0.05) is 53.6 Å². The van der Waals surface area contributed by atoms with E-state index in [0.29, 0.717) is 0 Å². The molecule has 214 valence electrons. The minimum Gasteiger partial charge on any atom is -0.497 e. The number of rotatable bonds is 9. The summed E-state index contributed by atoms with van der Waals surface area (Å²) >= 11 is 1.90. The van der Waals surface area contributed by atoms with Crippen molar-refractivity contribution >= 4 is 35.9 Å². The van der Waals surface area contributed by atoms with Crippen molar-refractivity contribution in [1.82, 2.24) is 4.90 Å². The molecule has 5 nitrogen and oxygen atoms in total. The highest BCUT2D eigenvalue weighted by Crippen LogP contribution is 2.52. The number of aliphatic imine (C=N–C) groups is 1. The number of nitrogens with one attached hydrogen (secondary N) is 1. The van der Waals surface area contributed by atoms with Gasteiger partial charge in [-0.05, 0) is 81.6 Å². The summed E-state index contributed by atoms with van der Waals surface area (Å²) in [7, 11) is 3.08. The fraction of sp³-hybridized carbons (Fsp3) is 0.531. The van der Waals surface area contributed by atoms with Gasteiger partial charge in [-0.2, -0.15) is 0 Å². The van der Waals surface area contributed by atoms with Crippen LogP contribution >= 0.6 is 18.7 Å². The quantitative estimate of drug-likeness (QED) is 0.185. The first-order valence-electron chi connectivity index (χ1n) is 13.9. The predicted molar refractivity (Wildman–Crippen MR) is 173 cm³/mol. The first-order chi connectivity index (χ1) is 18.4. The lowest BCUT2D eigenvalue weighted by atomic mass is 9.79. The van der Waals surface area contributed by atoms with Crippen molar-refractivity contribution in [2.45, 2.75) is 77.7 Å². The van der Waals surface area contributed by atoms with Crippen LogP contribution in [0, 0.1) is 5.41 Å². The molecule has 1 heterocycles. The van der Waals surface area contributed by atoms with Gasteiger partial charge in [-0.1, -0.05) is 57.3 Å². The lowest BCUT2D eigenvalue weighted by Crippen LogP contribution is -2.47. The van der Waals surface area contributed by atoms with Crippen LogP contribution in [0.15, 0.2) is 58.4 Å². The van der Waals surface area contributed by atoms with E-state index in [2.05, 4.69) is 108 Å². The third-order valence-corrected chi connectivity index (χ3v) is 10.4. The standard InChI is InChI=1S/C32H48N3O2PS/c1-11-29(35(23(2)3)30(33-8)32(7)18-20-37-21-19-32)27-22-25(36-9)14-17-28(27)34-38(10)39-26-15-12-24(13-16-26)31(4,5)6/h11-17,22-23,34H,18-21H2,1-10H3/b29-11+,33-30?. The highest BCUT2D eigenvalue weighted by atomic mass is 32.7. The van der Waals surface area contributed by atoms with Crippen LogP contribution in [0.1, 0.15) is 72.4 Å². The Hall–Kier alpha value is -2.01. The SMILES string of the molecule is C/C=C(\c1cc(OC)ccc1NP(C)Sc1ccc(C(C)(C)C)cc1)N(C(=NC)C1(C)CCOCC1)C(C)C. The van der Waals surface area contributed by atoms with E-state index >= 15 is 0 Å². The van der Waals surface area contributed by atoms with Gasteiger partial charge in [0.05, 0.1) is 14.4 Å². The second-order valence-corrected chi connectivity index (χ2v) is 15.8. The van der Waals surface area contributed by atoms with Crippen LogP contribution in [0.25, 0.3) is 5.70 Å². The number of methoxy groups -OCH3 is 1. The zero-order valence-electron chi connectivity index (χ0n) is 25.6. The molecule has 0 bridgehead atoms. The molecule has 1 aliphatic rings. The number of anilines is 1. The summed E-state index contributed by atoms with van der Waals surface area (Å²) in [5.74, 6) is 1.96. The van der Waals surface area contributed by atoms with Crippen LogP contribution in [-0.4, -0.2) is 50.8 Å². The third kappa shape index (κ3) is 7.80. The molecule has 1 atom stereocenters. The van der Waals surface area contributed by atoms with Gasteiger partial charge in [-0.15, -0.1) is 0 Å². The molecule has 0 radical (unpaired) electrons. The summed E-state index contributed by atoms with van der Waals surface area (Å²) in [5.41, 5.74) is 4.85. The van der Waals surface area contributed by atoms with Crippen molar-refractivity contribution < 1.29 is 9.47 Å². The number of allylic oxidation sites excluding steroid dienone is 1. The molecule has 1 fully saturated rings. The minimum atomic E-state index is -0.573. The summed E-state index contributed by atoms with van der Waals surface area (Å²) < 4.78 is 11.4. The largest absolute Gasteiger partial charge is 0.497 e. The number of benzene rings is 2. The lowest BCUT2D eigenvalue weighted by Gasteiger charge is -2.43. The Labute approximate surface area is 242 Å². The number of nitrogens with zero attached hydrogens (tertiary/aromatic N) is 2. The van der Waals surface area contributed by atoms with Gasteiger partial charge in [0.1, 0.15) is 11.6 Å². The van der Waals surface area contributed by atoms with Crippen molar-refractivity contribution in [2.75, 3.05) is 39.1 Å². The number of hydrogen-bond acceptors (Lipinski definition) is 5. The highest BCUT2D eigenvalue weighted by molar-refractivity contribution is 8.56. The summed E-state index contributed by atoms with van der Waals surface area (Å²) in [6, 6.07) is 15.6. The summed E-state index contributed by atoms with van der Waals surface area (Å²) in [6.45, 7) is 19.5. The van der Waals surface area contributed by atoms with E-state index < -0.39 is 7.27 Å². The zero-order valence-corrected chi connectivity index (χ0v) is 27.3. The van der Waals surface area contributed by atoms with Crippen LogP contribution < -0.4 is 9.82 Å². The highest BCUT2D eigenvalue weighted by Gasteiger charge is 2.38. The number of ether oxygens (including phenoxy) is 2. The molecular formula is C32H48N3O2PS. The molecule has 1 aliphatic heterocycles. The molecule has 1 unspecified atom stereocenters. The second kappa shape index (κ2) is 13.6. The van der Waals surface area contributed by atoms with Gasteiger partial charge in [0.2, 0.25) is 0 Å². The molecule has 7 heteroatoms. The second-order valence-electron chi connectivity index (χ2n) is 11.7. The predicted octanol–water partition coefficient (Wildman–Crippen LogP) is 9.05. The third-order valence-electron chi connectivity index (χ3n) is 7.37. The average molecular weight is 570 g/mol. The fourth-order valence-corrected chi connectivity index (χ4v) is 8.00. The van der Waals surface area contributed by atoms with Gasteiger partial charge >= 0.3 is 0 Å². The molecule has 2 aromatic rings. The lowest BCUT2D eigenvalue weighted by molar-refractivity contribution is 0.0483. The fourth-order valence-electron chi connectivity index (χ4n) is 5.10. The van der Waals surface area contributed by atoms with Crippen LogP contribution in [0.2, 0.25) is 0 Å². The topological polar surface area (TPSA) is 46.1 Å². The van der Waals surface area contributed by atoms with Crippen LogP contribution in [0.4, 0.5) is 5.69 Å². The summed E-state index contributed by atoms with van der Waals surface area (Å²) in [4.78, 5) is 8.61. The Bertz CT molecular complexity index is 1150. The Balaban J connectivity index is 1.95. The Kier molecular flexibility index (Phi) is 11.0. The van der Waals surface area contributed by atoms with Crippen molar-refractivity contribution in [1.29, 1.82) is 0 Å². The molecule has 0 saturated carbocycles. The molecule has 0 aromatic heterocycles. The molecule has 0 aliphatic carbocycles. The molecule has 0 spiro atoms. The monoisotopic (exact) mass is 569 g/mol. The molecule has 1 N–H and O–H groups in total. The molecule has 1 saturated heterocycles. The van der Waals surface area contributed by atoms with Gasteiger partial charge in [0.25, 0.3) is 0 Å². The first-order valence-corrected chi connectivity index (χ1v) is 17.1. The van der Waals surface area contributed by atoms with E-state index in [4.69, 9.17) is 14.5 Å². The van der Waals surface area contributed by atoms with E-state index in [1.807, 2.05) is 24.5 Å². The van der Waals surface area contributed by atoms with E-state index in [1.165, 1.54) is 10.5 Å². The van der Waals surface area contributed by atoms with Crippen molar-refractivity contribution in [3.05, 3.63) is 59.7 Å². The molecular weight excluding hydrogens is 521 g/mol. The maximum atomic E-state index is 5.72. The molecule has 3 rings (SSSR count). The number of hydrogen-bond donors (Lipinski definition) is 1. The summed E-state index contributed by atoms with van der Waals surface area (Å²) in [5, 5.41) is 3.85. The molecule has 2 aromatic carbocycles. The zero-order chi connectivity index (χ0) is 28.8. The van der Waals surface area contributed by atoms with Crippen LogP contribution in [0.5, 0.6) is 5.75 Å². The Morgan fingerprint density at radius 1 is 1.15 bits per heavy atom. The average Bonchev–Trinajstić information content (AvgIpc) is 2.89. The summed E-state index contributed by atoms with van der Waals surface area (Å²) in [6.07, 6.45) is 4.14. The maximum absolute atomic E-state index is 5.72. The van der Waals surface area contributed by atoms with Crippen molar-refractivity contribution in [2.24, 2.45) is 10.4 Å². The first kappa shape index (κ1) is 31.5. The smallest absolute Gasteiger partial charge is 0.119 e. The van der Waals surface area contributed by atoms with Crippen LogP contribution in [0.3, 0.4) is 0 Å². The van der Waals surface area contributed by atoms with Gasteiger partial charge in [0.15, 0.2) is 0 Å².